The summed E-state index contributed by atoms with van der Waals surface area (Å²) < 4.78 is 41.4. The number of alkyl halides is 3. The minimum absolute atomic E-state index is 0.0538. The molecule has 1 fully saturated rings. The number of rotatable bonds is 2. The van der Waals surface area contributed by atoms with Crippen LogP contribution in [-0.2, 0) is 0 Å². The average Bonchev–Trinajstić information content (AvgIpc) is 2.40. The number of phenolic OH excluding ortho intramolecular Hbond substituents is 1. The van der Waals surface area contributed by atoms with Crippen molar-refractivity contribution in [3.8, 4) is 5.75 Å². The highest BCUT2D eigenvalue weighted by atomic mass is 79.9. The van der Waals surface area contributed by atoms with Gasteiger partial charge in [-0.25, -0.2) is 0 Å². The number of benzene rings is 1. The van der Waals surface area contributed by atoms with Gasteiger partial charge in [0.2, 0.25) is 0 Å². The molecule has 1 aromatic rings. The molecule has 0 spiro atoms. The number of phenols is 1. The maximum absolute atomic E-state index is 13.6. The van der Waals surface area contributed by atoms with Gasteiger partial charge in [0.1, 0.15) is 11.8 Å². The van der Waals surface area contributed by atoms with E-state index >= 15 is 0 Å². The lowest BCUT2D eigenvalue weighted by Gasteiger charge is -2.37. The number of hydrogen-bond acceptors (Lipinski definition) is 3. The normalized spacial score (nSPS) is 18.8. The zero-order valence-electron chi connectivity index (χ0n) is 11.9. The predicted molar refractivity (Wildman–Crippen MR) is 78.5 cm³/mol. The lowest BCUT2D eigenvalue weighted by molar-refractivity contribution is -0.188. The molecular formula is C14H18BrF3N2O. The number of halogens is 4. The first-order valence-electron chi connectivity index (χ1n) is 6.73. The molecule has 1 aliphatic heterocycles. The predicted octanol–water partition coefficient (Wildman–Crippen LogP) is 3.28. The number of nitrogens with one attached hydrogen (secondary N) is 1. The number of aryl methyl sites for hydroxylation is 1. The first kappa shape index (κ1) is 16.6. The van der Waals surface area contributed by atoms with Gasteiger partial charge < -0.3 is 10.4 Å². The largest absolute Gasteiger partial charge is 0.508 e. The van der Waals surface area contributed by atoms with Crippen LogP contribution in [0.25, 0.3) is 0 Å². The van der Waals surface area contributed by atoms with Crippen molar-refractivity contribution in [1.29, 1.82) is 0 Å². The van der Waals surface area contributed by atoms with E-state index in [0.717, 1.165) is 5.56 Å². The zero-order valence-corrected chi connectivity index (χ0v) is 13.5. The van der Waals surface area contributed by atoms with Crippen LogP contribution in [0.1, 0.15) is 22.7 Å². The average molecular weight is 367 g/mol. The van der Waals surface area contributed by atoms with Crippen LogP contribution in [0.2, 0.25) is 0 Å². The Hall–Kier alpha value is -0.790. The molecule has 1 aliphatic rings. The molecule has 0 aromatic heterocycles. The van der Waals surface area contributed by atoms with Crippen LogP contribution < -0.4 is 5.32 Å². The summed E-state index contributed by atoms with van der Waals surface area (Å²) in [4.78, 5) is 1.38. The van der Waals surface area contributed by atoms with Crippen LogP contribution in [0.5, 0.6) is 5.75 Å². The second kappa shape index (κ2) is 6.14. The van der Waals surface area contributed by atoms with Crippen LogP contribution in [0.4, 0.5) is 13.2 Å². The van der Waals surface area contributed by atoms with Gasteiger partial charge in [-0.05, 0) is 31.0 Å². The quantitative estimate of drug-likeness (QED) is 0.842. The molecule has 2 rings (SSSR count). The molecule has 2 N–H and O–H groups in total. The zero-order chi connectivity index (χ0) is 15.8. The molecule has 0 unspecified atom stereocenters. The van der Waals surface area contributed by atoms with Crippen molar-refractivity contribution in [2.75, 3.05) is 26.2 Å². The summed E-state index contributed by atoms with van der Waals surface area (Å²) in [5.74, 6) is -0.297. The summed E-state index contributed by atoms with van der Waals surface area (Å²) in [6, 6.07) is -0.399. The molecule has 21 heavy (non-hydrogen) atoms. The van der Waals surface area contributed by atoms with E-state index in [2.05, 4.69) is 21.2 Å². The highest BCUT2D eigenvalue weighted by Gasteiger charge is 2.47. The summed E-state index contributed by atoms with van der Waals surface area (Å²) in [5.41, 5.74) is 1.10. The number of aromatic hydroxyl groups is 1. The van der Waals surface area contributed by atoms with E-state index in [-0.39, 0.29) is 11.3 Å². The SMILES string of the molecule is Cc1cc(O)c([C@H](N2CCNCC2)C(F)(F)F)c(C)c1Br. The third-order valence-electron chi connectivity index (χ3n) is 3.81. The van der Waals surface area contributed by atoms with E-state index < -0.39 is 12.2 Å². The molecule has 1 heterocycles. The van der Waals surface area contributed by atoms with Gasteiger partial charge in [0.05, 0.1) is 0 Å². The van der Waals surface area contributed by atoms with Gasteiger partial charge in [-0.15, -0.1) is 0 Å². The molecule has 1 saturated heterocycles. The van der Waals surface area contributed by atoms with Crippen LogP contribution in [0.3, 0.4) is 0 Å². The minimum atomic E-state index is -4.44. The smallest absolute Gasteiger partial charge is 0.408 e. The Kier molecular flexibility index (Phi) is 4.85. The first-order chi connectivity index (χ1) is 9.73. The second-order valence-electron chi connectivity index (χ2n) is 5.30. The molecule has 118 valence electrons. The molecule has 0 radical (unpaired) electrons. The highest BCUT2D eigenvalue weighted by molar-refractivity contribution is 9.10. The van der Waals surface area contributed by atoms with Gasteiger partial charge >= 0.3 is 6.18 Å². The van der Waals surface area contributed by atoms with Crippen molar-refractivity contribution < 1.29 is 18.3 Å². The highest BCUT2D eigenvalue weighted by Crippen LogP contribution is 2.45. The van der Waals surface area contributed by atoms with E-state index in [9.17, 15) is 18.3 Å². The molecule has 0 amide bonds. The van der Waals surface area contributed by atoms with Crippen molar-refractivity contribution in [3.05, 3.63) is 27.2 Å². The van der Waals surface area contributed by atoms with Gasteiger partial charge in [0.15, 0.2) is 0 Å². The van der Waals surface area contributed by atoms with Gasteiger partial charge in [0, 0.05) is 36.2 Å². The molecule has 1 atom stereocenters. The second-order valence-corrected chi connectivity index (χ2v) is 6.09. The van der Waals surface area contributed by atoms with E-state index in [0.29, 0.717) is 36.2 Å². The third kappa shape index (κ3) is 3.35. The lowest BCUT2D eigenvalue weighted by atomic mass is 9.95. The number of hydrogen-bond donors (Lipinski definition) is 2. The Balaban J connectivity index is 2.54. The standard InChI is InChI=1S/C14H18BrF3N2O/c1-8-7-10(21)11(9(2)12(8)15)13(14(16,17)18)20-5-3-19-4-6-20/h7,13,19,21H,3-6H2,1-2H3/t13-/m0/s1. The van der Waals surface area contributed by atoms with Crippen molar-refractivity contribution >= 4 is 15.9 Å². The fraction of sp³-hybridized carbons (Fsp3) is 0.571. The van der Waals surface area contributed by atoms with Gasteiger partial charge in [0.25, 0.3) is 0 Å². The summed E-state index contributed by atoms with van der Waals surface area (Å²) >= 11 is 3.31. The van der Waals surface area contributed by atoms with Crippen LogP contribution >= 0.6 is 15.9 Å². The van der Waals surface area contributed by atoms with Crippen molar-refractivity contribution in [2.24, 2.45) is 0 Å². The fourth-order valence-corrected chi connectivity index (χ4v) is 3.12. The molecule has 0 bridgehead atoms. The molecule has 3 nitrogen and oxygen atoms in total. The Labute approximate surface area is 130 Å². The Morgan fingerprint density at radius 2 is 1.86 bits per heavy atom. The van der Waals surface area contributed by atoms with E-state index in [4.69, 9.17) is 0 Å². The molecule has 0 saturated carbocycles. The van der Waals surface area contributed by atoms with E-state index in [1.54, 1.807) is 13.8 Å². The molecular weight excluding hydrogens is 349 g/mol. The van der Waals surface area contributed by atoms with Gasteiger partial charge in [-0.3, -0.25) is 4.90 Å². The first-order valence-corrected chi connectivity index (χ1v) is 7.52. The van der Waals surface area contributed by atoms with Crippen molar-refractivity contribution in [3.63, 3.8) is 0 Å². The van der Waals surface area contributed by atoms with Crippen LogP contribution in [-0.4, -0.2) is 42.4 Å². The maximum Gasteiger partial charge on any atom is 0.408 e. The summed E-state index contributed by atoms with van der Waals surface area (Å²) in [7, 11) is 0. The van der Waals surface area contributed by atoms with Crippen molar-refractivity contribution in [1.82, 2.24) is 10.2 Å². The Bertz CT molecular complexity index is 528. The van der Waals surface area contributed by atoms with E-state index in [1.807, 2.05) is 0 Å². The third-order valence-corrected chi connectivity index (χ3v) is 5.03. The number of piperazine rings is 1. The molecule has 0 aliphatic carbocycles. The van der Waals surface area contributed by atoms with Gasteiger partial charge in [-0.2, -0.15) is 13.2 Å². The summed E-state index contributed by atoms with van der Waals surface area (Å²) in [5, 5.41) is 13.1. The maximum atomic E-state index is 13.6. The Morgan fingerprint density at radius 1 is 1.29 bits per heavy atom. The van der Waals surface area contributed by atoms with Gasteiger partial charge in [-0.1, -0.05) is 15.9 Å². The topological polar surface area (TPSA) is 35.5 Å². The molecule has 7 heteroatoms. The number of nitrogens with zero attached hydrogens (tertiary/aromatic N) is 1. The fourth-order valence-electron chi connectivity index (χ4n) is 2.79. The van der Waals surface area contributed by atoms with Crippen LogP contribution in [0, 0.1) is 13.8 Å². The summed E-state index contributed by atoms with van der Waals surface area (Å²) in [6.45, 7) is 4.98. The lowest BCUT2D eigenvalue weighted by Crippen LogP contribution is -2.49. The van der Waals surface area contributed by atoms with Crippen molar-refractivity contribution in [2.45, 2.75) is 26.1 Å². The minimum Gasteiger partial charge on any atom is -0.508 e. The summed E-state index contributed by atoms with van der Waals surface area (Å²) in [6.07, 6.45) is -4.44. The van der Waals surface area contributed by atoms with E-state index in [1.165, 1.54) is 11.0 Å². The Morgan fingerprint density at radius 3 is 2.38 bits per heavy atom. The van der Waals surface area contributed by atoms with Crippen LogP contribution in [0.15, 0.2) is 10.5 Å². The molecule has 1 aromatic carbocycles. The monoisotopic (exact) mass is 366 g/mol.